The Labute approximate surface area is 133 Å². The third-order valence-corrected chi connectivity index (χ3v) is 3.65. The summed E-state index contributed by atoms with van der Waals surface area (Å²) in [6.07, 6.45) is 2.22. The quantitative estimate of drug-likeness (QED) is 0.474. The Morgan fingerprint density at radius 2 is 1.61 bits per heavy atom. The number of aromatic nitrogens is 2. The van der Waals surface area contributed by atoms with Crippen LogP contribution in [-0.4, -0.2) is 23.0 Å². The number of imidazole rings is 1. The fourth-order valence-electron chi connectivity index (χ4n) is 1.98. The van der Waals surface area contributed by atoms with Crippen molar-refractivity contribution in [2.24, 2.45) is 0 Å². The molecule has 0 amide bonds. The van der Waals surface area contributed by atoms with Crippen molar-refractivity contribution < 1.29 is 30.7 Å². The molecular formula is C14H19F3N2O3S. The molecule has 0 fully saturated rings. The number of rotatable bonds is 2. The second-order valence-corrected chi connectivity index (χ2v) is 6.88. The van der Waals surface area contributed by atoms with Crippen molar-refractivity contribution in [2.75, 3.05) is 0 Å². The van der Waals surface area contributed by atoms with E-state index in [4.69, 9.17) is 13.0 Å². The number of fused-ring (bicyclic) bond motifs is 1. The van der Waals surface area contributed by atoms with E-state index in [1.165, 1.54) is 11.0 Å². The summed E-state index contributed by atoms with van der Waals surface area (Å²) in [5, 5.41) is 0. The van der Waals surface area contributed by atoms with Crippen LogP contribution in [-0.2, 0) is 10.1 Å². The predicted molar refractivity (Wildman–Crippen MR) is 78.7 cm³/mol. The second kappa shape index (κ2) is 6.88. The van der Waals surface area contributed by atoms with E-state index in [0.717, 1.165) is 0 Å². The molecular weight excluding hydrogens is 333 g/mol. The molecule has 1 aromatic carbocycles. The van der Waals surface area contributed by atoms with Crippen LogP contribution >= 0.6 is 0 Å². The maximum absolute atomic E-state index is 10.7. The first-order valence-corrected chi connectivity index (χ1v) is 8.30. The summed E-state index contributed by atoms with van der Waals surface area (Å²) >= 11 is 0. The van der Waals surface area contributed by atoms with Crippen LogP contribution in [0.1, 0.15) is 39.8 Å². The van der Waals surface area contributed by atoms with Crippen LogP contribution in [0.25, 0.3) is 11.0 Å². The fraction of sp³-hybridized carbons (Fsp3) is 0.500. The van der Waals surface area contributed by atoms with E-state index in [1.807, 2.05) is 0 Å². The second-order valence-electron chi connectivity index (χ2n) is 5.51. The smallest absolute Gasteiger partial charge is 0.485 e. The van der Waals surface area contributed by atoms with E-state index in [0.29, 0.717) is 12.1 Å². The van der Waals surface area contributed by atoms with E-state index >= 15 is 0 Å². The molecule has 1 heterocycles. The predicted octanol–water partition coefficient (Wildman–Crippen LogP) is 3.14. The summed E-state index contributed by atoms with van der Waals surface area (Å²) in [7, 11) is -6.09. The van der Waals surface area contributed by atoms with Gasteiger partial charge in [0.1, 0.15) is 0 Å². The van der Waals surface area contributed by atoms with Gasteiger partial charge >= 0.3 is 5.51 Å². The monoisotopic (exact) mass is 352 g/mol. The van der Waals surface area contributed by atoms with E-state index in [-0.39, 0.29) is 0 Å². The van der Waals surface area contributed by atoms with Crippen LogP contribution in [0, 0.1) is 0 Å². The molecule has 5 nitrogen and oxygen atoms in total. The minimum Gasteiger partial charge on any atom is -0.741 e. The number of nitrogens with zero attached hydrogens (tertiary/aromatic N) is 2. The average Bonchev–Trinajstić information content (AvgIpc) is 2.76. The first kappa shape index (κ1) is 19.4. The topological polar surface area (TPSA) is 66.0 Å². The number of halogens is 3. The van der Waals surface area contributed by atoms with Crippen molar-refractivity contribution in [3.05, 3.63) is 30.6 Å². The Balaban J connectivity index is 0.000000284. The SMILES string of the molecule is CC(C)n1c[n+](C(C)C)c2ccccc21.O=S(=O)([O-])C(F)(F)F. The normalized spacial score (nSPS) is 12.6. The van der Waals surface area contributed by atoms with E-state index in [1.54, 1.807) is 0 Å². The summed E-state index contributed by atoms with van der Waals surface area (Å²) in [5.41, 5.74) is -3.00. The molecule has 23 heavy (non-hydrogen) atoms. The molecule has 2 rings (SSSR count). The molecule has 130 valence electrons. The van der Waals surface area contributed by atoms with Gasteiger partial charge in [-0.05, 0) is 39.8 Å². The number of alkyl halides is 3. The van der Waals surface area contributed by atoms with Crippen molar-refractivity contribution in [1.29, 1.82) is 0 Å². The Bertz CT molecular complexity index is 723. The molecule has 0 N–H and O–H groups in total. The molecule has 2 aromatic rings. The molecule has 0 aliphatic rings. The average molecular weight is 352 g/mol. The van der Waals surface area contributed by atoms with Crippen molar-refractivity contribution in [1.82, 2.24) is 4.57 Å². The lowest BCUT2D eigenvalue weighted by atomic mass is 10.3. The number of para-hydroxylation sites is 2. The van der Waals surface area contributed by atoms with Gasteiger partial charge in [-0.1, -0.05) is 12.1 Å². The minimum absolute atomic E-state index is 0.509. The van der Waals surface area contributed by atoms with Gasteiger partial charge in [0.2, 0.25) is 6.33 Å². The molecule has 0 saturated carbocycles. The van der Waals surface area contributed by atoms with Gasteiger partial charge in [-0.15, -0.1) is 0 Å². The van der Waals surface area contributed by atoms with Crippen LogP contribution in [0.2, 0.25) is 0 Å². The third kappa shape index (κ3) is 4.68. The molecule has 0 unspecified atom stereocenters. The van der Waals surface area contributed by atoms with Gasteiger partial charge in [-0.25, -0.2) is 17.6 Å². The van der Waals surface area contributed by atoms with Gasteiger partial charge in [0.05, 0.1) is 12.1 Å². The van der Waals surface area contributed by atoms with Crippen LogP contribution < -0.4 is 4.57 Å². The molecule has 0 radical (unpaired) electrons. The third-order valence-electron chi connectivity index (χ3n) is 3.08. The zero-order valence-electron chi connectivity index (χ0n) is 13.2. The minimum atomic E-state index is -6.09. The lowest BCUT2D eigenvalue weighted by Gasteiger charge is -2.08. The Hall–Kier alpha value is -1.61. The lowest BCUT2D eigenvalue weighted by Crippen LogP contribution is -2.34. The molecule has 9 heteroatoms. The Morgan fingerprint density at radius 1 is 1.13 bits per heavy atom. The molecule has 0 aliphatic heterocycles. The van der Waals surface area contributed by atoms with Crippen molar-refractivity contribution in [3.63, 3.8) is 0 Å². The zero-order chi connectivity index (χ0) is 18.0. The lowest BCUT2D eigenvalue weighted by molar-refractivity contribution is -0.692. The largest absolute Gasteiger partial charge is 0.741 e. The highest BCUT2D eigenvalue weighted by Crippen LogP contribution is 2.20. The van der Waals surface area contributed by atoms with Crippen molar-refractivity contribution >= 4 is 21.2 Å². The van der Waals surface area contributed by atoms with E-state index in [2.05, 4.69) is 67.4 Å². The Morgan fingerprint density at radius 3 is 2.00 bits per heavy atom. The maximum atomic E-state index is 10.7. The number of hydrogen-bond acceptors (Lipinski definition) is 3. The highest BCUT2D eigenvalue weighted by molar-refractivity contribution is 7.86. The van der Waals surface area contributed by atoms with E-state index < -0.39 is 15.6 Å². The van der Waals surface area contributed by atoms with Crippen LogP contribution in [0.3, 0.4) is 0 Å². The maximum Gasteiger partial charge on any atom is 0.485 e. The fourth-order valence-corrected chi connectivity index (χ4v) is 1.98. The summed E-state index contributed by atoms with van der Waals surface area (Å²) in [6.45, 7) is 8.88. The molecule has 0 aliphatic carbocycles. The van der Waals surface area contributed by atoms with Gasteiger partial charge in [0.15, 0.2) is 21.2 Å². The highest BCUT2D eigenvalue weighted by atomic mass is 32.2. The van der Waals surface area contributed by atoms with Gasteiger partial charge in [0, 0.05) is 0 Å². The summed E-state index contributed by atoms with van der Waals surface area (Å²) < 4.78 is 63.6. The van der Waals surface area contributed by atoms with Crippen LogP contribution in [0.15, 0.2) is 30.6 Å². The molecule has 0 bridgehead atoms. The van der Waals surface area contributed by atoms with Gasteiger partial charge in [-0.3, -0.25) is 0 Å². The molecule has 0 saturated heterocycles. The number of benzene rings is 1. The van der Waals surface area contributed by atoms with Gasteiger partial charge in [0.25, 0.3) is 0 Å². The molecule has 0 spiro atoms. The standard InChI is InChI=1S/C13H19N2.CHF3O3S/c1-10(2)14-9-15(11(3)4)13-8-6-5-7-12(13)14;2-1(3,4)8(5,6)7/h5-11H,1-4H3;(H,5,6,7)/q+1;/p-1. The van der Waals surface area contributed by atoms with Gasteiger partial charge in [-0.2, -0.15) is 13.2 Å². The van der Waals surface area contributed by atoms with Crippen molar-refractivity contribution in [3.8, 4) is 0 Å². The Kier molecular flexibility index (Phi) is 5.81. The molecule has 1 aromatic heterocycles. The van der Waals surface area contributed by atoms with Crippen LogP contribution in [0.5, 0.6) is 0 Å². The first-order chi connectivity index (χ1) is 10.4. The highest BCUT2D eigenvalue weighted by Gasteiger charge is 2.36. The summed E-state index contributed by atoms with van der Waals surface area (Å²) in [5.74, 6) is 0. The van der Waals surface area contributed by atoms with Gasteiger partial charge < -0.3 is 4.55 Å². The summed E-state index contributed by atoms with van der Waals surface area (Å²) in [4.78, 5) is 0. The zero-order valence-corrected chi connectivity index (χ0v) is 14.0. The molecule has 0 atom stereocenters. The van der Waals surface area contributed by atoms with Crippen LogP contribution in [0.4, 0.5) is 13.2 Å². The van der Waals surface area contributed by atoms with Crippen molar-refractivity contribution in [2.45, 2.75) is 45.3 Å². The first-order valence-electron chi connectivity index (χ1n) is 6.89. The number of hydrogen-bond donors (Lipinski definition) is 0. The van der Waals surface area contributed by atoms with E-state index in [9.17, 15) is 13.2 Å². The summed E-state index contributed by atoms with van der Waals surface area (Å²) in [6, 6.07) is 9.60.